The minimum absolute atomic E-state index is 0.170. The molecule has 0 saturated carbocycles. The second-order valence-electron chi connectivity index (χ2n) is 2.55. The van der Waals surface area contributed by atoms with Gasteiger partial charge in [0.15, 0.2) is 0 Å². The van der Waals surface area contributed by atoms with Gasteiger partial charge < -0.3 is 11.5 Å². The molecule has 0 aliphatic rings. The minimum atomic E-state index is -0.555. The van der Waals surface area contributed by atoms with Gasteiger partial charge in [-0.1, -0.05) is 0 Å². The third-order valence-corrected chi connectivity index (χ3v) is 1.50. The van der Waals surface area contributed by atoms with Crippen LogP contribution >= 0.6 is 0 Å². The molecule has 1 rings (SSSR count). The van der Waals surface area contributed by atoms with Crippen molar-refractivity contribution in [1.29, 1.82) is 5.26 Å². The first kappa shape index (κ1) is 9.74. The zero-order chi connectivity index (χ0) is 10.6. The molecule has 0 aliphatic carbocycles. The summed E-state index contributed by atoms with van der Waals surface area (Å²) in [7, 11) is 0. The van der Waals surface area contributed by atoms with Gasteiger partial charge in [0.2, 0.25) is 5.91 Å². The highest BCUT2D eigenvalue weighted by Gasteiger charge is 1.99. The first-order chi connectivity index (χ1) is 6.63. The highest BCUT2D eigenvalue weighted by Crippen LogP contribution is 2.10. The number of nitriles is 1. The molecule has 0 unspecified atom stereocenters. The van der Waals surface area contributed by atoms with Crippen LogP contribution in [0, 0.1) is 11.3 Å². The second-order valence-corrected chi connectivity index (χ2v) is 2.55. The largest absolute Gasteiger partial charge is 0.383 e. The fraction of sp³-hybridized carbons (Fsp3) is 0. The average Bonchev–Trinajstić information content (AvgIpc) is 2.16. The zero-order valence-corrected chi connectivity index (χ0v) is 7.27. The standard InChI is InChI=1S/C9H8N4O/c10-4-7-3-6(1-2-8(11)14)5-13-9(7)12/h1-3,5H,(H2,11,14)(H2,12,13). The monoisotopic (exact) mass is 188 g/mol. The lowest BCUT2D eigenvalue weighted by Crippen LogP contribution is -2.05. The van der Waals surface area contributed by atoms with E-state index in [0.29, 0.717) is 5.56 Å². The first-order valence-electron chi connectivity index (χ1n) is 3.76. The Morgan fingerprint density at radius 1 is 1.64 bits per heavy atom. The summed E-state index contributed by atoms with van der Waals surface area (Å²) < 4.78 is 0. The summed E-state index contributed by atoms with van der Waals surface area (Å²) in [4.78, 5) is 14.2. The molecular weight excluding hydrogens is 180 g/mol. The zero-order valence-electron chi connectivity index (χ0n) is 7.27. The number of anilines is 1. The maximum absolute atomic E-state index is 10.4. The number of hydrogen-bond donors (Lipinski definition) is 2. The van der Waals surface area contributed by atoms with Gasteiger partial charge in [-0.3, -0.25) is 4.79 Å². The van der Waals surface area contributed by atoms with E-state index in [-0.39, 0.29) is 11.4 Å². The number of primary amides is 1. The molecule has 14 heavy (non-hydrogen) atoms. The van der Waals surface area contributed by atoms with Crippen LogP contribution in [0.25, 0.3) is 6.08 Å². The Labute approximate surface area is 80.7 Å². The summed E-state index contributed by atoms with van der Waals surface area (Å²) in [6.07, 6.45) is 4.11. The maximum Gasteiger partial charge on any atom is 0.241 e. The quantitative estimate of drug-likeness (QED) is 0.638. The Hall–Kier alpha value is -2.35. The van der Waals surface area contributed by atoms with E-state index in [2.05, 4.69) is 4.98 Å². The number of carbonyl (C=O) groups excluding carboxylic acids is 1. The average molecular weight is 188 g/mol. The number of amides is 1. The molecule has 5 heteroatoms. The van der Waals surface area contributed by atoms with Gasteiger partial charge in [-0.2, -0.15) is 5.26 Å². The molecule has 1 aromatic rings. The molecule has 1 amide bonds. The van der Waals surface area contributed by atoms with Gasteiger partial charge in [0.1, 0.15) is 11.9 Å². The van der Waals surface area contributed by atoms with E-state index >= 15 is 0 Å². The predicted molar refractivity (Wildman–Crippen MR) is 51.6 cm³/mol. The molecule has 0 radical (unpaired) electrons. The summed E-state index contributed by atoms with van der Waals surface area (Å²) in [5, 5.41) is 8.63. The SMILES string of the molecule is N#Cc1cc(C=CC(N)=O)cnc1N. The van der Waals surface area contributed by atoms with E-state index in [0.717, 1.165) is 0 Å². The van der Waals surface area contributed by atoms with Gasteiger partial charge in [0.05, 0.1) is 5.56 Å². The Balaban J connectivity index is 3.03. The van der Waals surface area contributed by atoms with E-state index < -0.39 is 5.91 Å². The number of aromatic nitrogens is 1. The van der Waals surface area contributed by atoms with Gasteiger partial charge in [-0.25, -0.2) is 4.98 Å². The lowest BCUT2D eigenvalue weighted by atomic mass is 10.2. The van der Waals surface area contributed by atoms with Crippen molar-refractivity contribution in [1.82, 2.24) is 4.98 Å². The predicted octanol–water partition coefficient (Wildman–Crippen LogP) is 0.0340. The fourth-order valence-electron chi connectivity index (χ4n) is 0.851. The van der Waals surface area contributed by atoms with Crippen LogP contribution in [-0.2, 0) is 4.79 Å². The van der Waals surface area contributed by atoms with Crippen LogP contribution in [0.1, 0.15) is 11.1 Å². The number of rotatable bonds is 2. The highest BCUT2D eigenvalue weighted by atomic mass is 16.1. The molecule has 0 bridgehead atoms. The van der Waals surface area contributed by atoms with Gasteiger partial charge in [-0.05, 0) is 17.7 Å². The molecule has 0 aliphatic heterocycles. The summed E-state index contributed by atoms with van der Waals surface area (Å²) in [5.74, 6) is -0.385. The molecule has 1 aromatic heterocycles. The third kappa shape index (κ3) is 2.32. The third-order valence-electron chi connectivity index (χ3n) is 1.50. The highest BCUT2D eigenvalue weighted by molar-refractivity contribution is 5.90. The lowest BCUT2D eigenvalue weighted by Gasteiger charge is -1.96. The lowest BCUT2D eigenvalue weighted by molar-refractivity contribution is -0.113. The number of nitrogens with zero attached hydrogens (tertiary/aromatic N) is 2. The van der Waals surface area contributed by atoms with Crippen molar-refractivity contribution in [2.24, 2.45) is 5.73 Å². The van der Waals surface area contributed by atoms with Gasteiger partial charge >= 0.3 is 0 Å². The number of carbonyl (C=O) groups is 1. The Morgan fingerprint density at radius 3 is 2.93 bits per heavy atom. The van der Waals surface area contributed by atoms with Crippen LogP contribution in [0.3, 0.4) is 0 Å². The summed E-state index contributed by atoms with van der Waals surface area (Å²) in [5.41, 5.74) is 11.2. The molecule has 0 atom stereocenters. The fourth-order valence-corrected chi connectivity index (χ4v) is 0.851. The van der Waals surface area contributed by atoms with Crippen LogP contribution in [-0.4, -0.2) is 10.9 Å². The molecule has 1 heterocycles. The van der Waals surface area contributed by atoms with Gasteiger partial charge in [0, 0.05) is 12.3 Å². The number of hydrogen-bond acceptors (Lipinski definition) is 4. The van der Waals surface area contributed by atoms with E-state index in [9.17, 15) is 4.79 Å². The number of nitrogens with two attached hydrogens (primary N) is 2. The Bertz CT molecular complexity index is 431. The van der Waals surface area contributed by atoms with Crippen molar-refractivity contribution in [2.75, 3.05) is 5.73 Å². The van der Waals surface area contributed by atoms with Crippen LogP contribution in [0.4, 0.5) is 5.82 Å². The maximum atomic E-state index is 10.4. The number of nitrogen functional groups attached to an aromatic ring is 1. The van der Waals surface area contributed by atoms with Crippen molar-refractivity contribution in [3.8, 4) is 6.07 Å². The van der Waals surface area contributed by atoms with E-state index in [1.807, 2.05) is 6.07 Å². The molecule has 0 fully saturated rings. The summed E-state index contributed by atoms with van der Waals surface area (Å²) >= 11 is 0. The minimum Gasteiger partial charge on any atom is -0.383 e. The van der Waals surface area contributed by atoms with E-state index in [1.54, 1.807) is 0 Å². The van der Waals surface area contributed by atoms with Crippen LogP contribution < -0.4 is 11.5 Å². The van der Waals surface area contributed by atoms with Gasteiger partial charge in [0.25, 0.3) is 0 Å². The van der Waals surface area contributed by atoms with E-state index in [4.69, 9.17) is 16.7 Å². The van der Waals surface area contributed by atoms with Crippen molar-refractivity contribution in [3.05, 3.63) is 29.5 Å². The topological polar surface area (TPSA) is 106 Å². The molecule has 0 spiro atoms. The molecule has 70 valence electrons. The van der Waals surface area contributed by atoms with Crippen molar-refractivity contribution in [2.45, 2.75) is 0 Å². The molecule has 5 nitrogen and oxygen atoms in total. The summed E-state index contributed by atoms with van der Waals surface area (Å²) in [6.45, 7) is 0. The Kier molecular flexibility index (Phi) is 2.82. The summed E-state index contributed by atoms with van der Waals surface area (Å²) in [6, 6.07) is 3.42. The van der Waals surface area contributed by atoms with E-state index in [1.165, 1.54) is 24.4 Å². The van der Waals surface area contributed by atoms with Crippen molar-refractivity contribution >= 4 is 17.8 Å². The smallest absolute Gasteiger partial charge is 0.241 e. The molecular formula is C9H8N4O. The molecule has 0 saturated heterocycles. The van der Waals surface area contributed by atoms with Gasteiger partial charge in [-0.15, -0.1) is 0 Å². The molecule has 0 aromatic carbocycles. The van der Waals surface area contributed by atoms with Crippen molar-refractivity contribution < 1.29 is 4.79 Å². The second kappa shape index (κ2) is 4.05. The van der Waals surface area contributed by atoms with Crippen LogP contribution in [0.2, 0.25) is 0 Å². The normalized spacial score (nSPS) is 9.93. The number of pyridine rings is 1. The van der Waals surface area contributed by atoms with Crippen molar-refractivity contribution in [3.63, 3.8) is 0 Å². The Morgan fingerprint density at radius 2 is 2.36 bits per heavy atom. The van der Waals surface area contributed by atoms with Crippen LogP contribution in [0.15, 0.2) is 18.3 Å². The molecule has 4 N–H and O–H groups in total. The first-order valence-corrected chi connectivity index (χ1v) is 3.76. The van der Waals surface area contributed by atoms with Crippen LogP contribution in [0.5, 0.6) is 0 Å².